The van der Waals surface area contributed by atoms with Crippen molar-refractivity contribution in [3.05, 3.63) is 54.1 Å². The van der Waals surface area contributed by atoms with Gasteiger partial charge in [0.1, 0.15) is 17.2 Å². The van der Waals surface area contributed by atoms with E-state index in [1.165, 1.54) is 10.5 Å². The van der Waals surface area contributed by atoms with E-state index < -0.39 is 0 Å². The van der Waals surface area contributed by atoms with Crippen molar-refractivity contribution in [2.24, 2.45) is 0 Å². The van der Waals surface area contributed by atoms with Gasteiger partial charge >= 0.3 is 0 Å². The van der Waals surface area contributed by atoms with E-state index in [-0.39, 0.29) is 12.1 Å². The van der Waals surface area contributed by atoms with E-state index in [1.54, 1.807) is 16.6 Å². The molecule has 2 aromatic carbocycles. The zero-order valence-electron chi connectivity index (χ0n) is 14.1. The first-order valence-electron chi connectivity index (χ1n) is 8.51. The van der Waals surface area contributed by atoms with Gasteiger partial charge in [0.05, 0.1) is 0 Å². The van der Waals surface area contributed by atoms with Crippen molar-refractivity contribution in [3.63, 3.8) is 0 Å². The monoisotopic (exact) mass is 352 g/mol. The minimum atomic E-state index is -0.0708. The highest BCUT2D eigenvalue weighted by molar-refractivity contribution is 7.99. The minimum absolute atomic E-state index is 0.0708. The van der Waals surface area contributed by atoms with Crippen LogP contribution in [0.1, 0.15) is 24.6 Å². The summed E-state index contributed by atoms with van der Waals surface area (Å²) in [6, 6.07) is 16.3. The summed E-state index contributed by atoms with van der Waals surface area (Å²) in [5, 5.41) is 9.12. The van der Waals surface area contributed by atoms with Crippen LogP contribution in [0.4, 0.5) is 0 Å². The van der Waals surface area contributed by atoms with E-state index in [1.807, 2.05) is 29.2 Å². The standard InChI is InChI=1S/C19H20N4OS/c1-14-6-8-15(9-7-14)25-13-12-22-18(10-11-19(22)24)23-20-16-4-2-3-5-17(16)21-23/h2-9,18H,10-13H2,1H3. The number of aryl methyl sites for hydroxylation is 1. The number of carbonyl (C=O) groups is 1. The number of hydrogen-bond acceptors (Lipinski definition) is 4. The number of thioether (sulfide) groups is 1. The second-order valence-electron chi connectivity index (χ2n) is 6.28. The Hall–Kier alpha value is -2.34. The molecule has 0 saturated carbocycles. The molecule has 0 radical (unpaired) electrons. The van der Waals surface area contributed by atoms with E-state index in [0.717, 1.165) is 23.2 Å². The first kappa shape index (κ1) is 16.1. The summed E-state index contributed by atoms with van der Waals surface area (Å²) in [5.41, 5.74) is 3.00. The molecule has 1 unspecified atom stereocenters. The van der Waals surface area contributed by atoms with Crippen molar-refractivity contribution < 1.29 is 4.79 Å². The number of likely N-dealkylation sites (tertiary alicyclic amines) is 1. The van der Waals surface area contributed by atoms with Crippen LogP contribution in [-0.4, -0.2) is 38.1 Å². The quantitative estimate of drug-likeness (QED) is 0.658. The Balaban J connectivity index is 1.45. The number of rotatable bonds is 5. The van der Waals surface area contributed by atoms with Crippen LogP contribution < -0.4 is 0 Å². The average Bonchev–Trinajstić information content (AvgIpc) is 3.20. The van der Waals surface area contributed by atoms with Gasteiger partial charge in [-0.1, -0.05) is 29.8 Å². The van der Waals surface area contributed by atoms with Gasteiger partial charge in [0.15, 0.2) is 0 Å². The van der Waals surface area contributed by atoms with Gasteiger partial charge in [0, 0.05) is 23.6 Å². The third-order valence-electron chi connectivity index (χ3n) is 4.49. The highest BCUT2D eigenvalue weighted by Crippen LogP contribution is 2.29. The number of aromatic nitrogens is 3. The smallest absolute Gasteiger partial charge is 0.224 e. The largest absolute Gasteiger partial charge is 0.318 e. The van der Waals surface area contributed by atoms with Crippen LogP contribution in [0.25, 0.3) is 11.0 Å². The molecule has 1 amide bonds. The molecular formula is C19H20N4OS. The Labute approximate surface area is 151 Å². The fraction of sp³-hybridized carbons (Fsp3) is 0.316. The summed E-state index contributed by atoms with van der Waals surface area (Å²) in [6.45, 7) is 2.79. The van der Waals surface area contributed by atoms with Gasteiger partial charge in [0.2, 0.25) is 5.91 Å². The Bertz CT molecular complexity index is 857. The lowest BCUT2D eigenvalue weighted by Gasteiger charge is -2.23. The molecular weight excluding hydrogens is 332 g/mol. The van der Waals surface area contributed by atoms with Gasteiger partial charge < -0.3 is 4.90 Å². The van der Waals surface area contributed by atoms with Crippen molar-refractivity contribution in [3.8, 4) is 0 Å². The third-order valence-corrected chi connectivity index (χ3v) is 5.48. The maximum atomic E-state index is 12.3. The molecule has 5 nitrogen and oxygen atoms in total. The van der Waals surface area contributed by atoms with Crippen LogP contribution in [0.15, 0.2) is 53.4 Å². The molecule has 4 rings (SSSR count). The lowest BCUT2D eigenvalue weighted by molar-refractivity contribution is -0.130. The van der Waals surface area contributed by atoms with E-state index in [2.05, 4.69) is 41.4 Å². The lowest BCUT2D eigenvalue weighted by Crippen LogP contribution is -2.34. The Kier molecular flexibility index (Phi) is 4.44. The van der Waals surface area contributed by atoms with Gasteiger partial charge in [-0.2, -0.15) is 15.0 Å². The van der Waals surface area contributed by atoms with Crippen LogP contribution in [0.5, 0.6) is 0 Å². The average molecular weight is 352 g/mol. The number of amides is 1. The van der Waals surface area contributed by atoms with Crippen molar-refractivity contribution in [2.75, 3.05) is 12.3 Å². The van der Waals surface area contributed by atoms with Gasteiger partial charge in [-0.25, -0.2) is 0 Å². The first-order valence-corrected chi connectivity index (χ1v) is 9.50. The molecule has 3 aromatic rings. The molecule has 128 valence electrons. The number of hydrogen-bond donors (Lipinski definition) is 0. The van der Waals surface area contributed by atoms with Gasteiger partial charge in [-0.3, -0.25) is 4.79 Å². The second kappa shape index (κ2) is 6.88. The van der Waals surface area contributed by atoms with E-state index >= 15 is 0 Å². The van der Waals surface area contributed by atoms with E-state index in [9.17, 15) is 4.79 Å². The summed E-state index contributed by atoms with van der Waals surface area (Å²) in [5.74, 6) is 1.06. The zero-order valence-corrected chi connectivity index (χ0v) is 14.9. The van der Waals surface area contributed by atoms with Crippen molar-refractivity contribution in [1.82, 2.24) is 19.9 Å². The van der Waals surface area contributed by atoms with Crippen LogP contribution in [0, 0.1) is 6.92 Å². The summed E-state index contributed by atoms with van der Waals surface area (Å²) < 4.78 is 0. The molecule has 25 heavy (non-hydrogen) atoms. The van der Waals surface area contributed by atoms with E-state index in [4.69, 9.17) is 0 Å². The number of benzene rings is 2. The molecule has 0 N–H and O–H groups in total. The predicted octanol–water partition coefficient (Wildman–Crippen LogP) is 3.65. The fourth-order valence-electron chi connectivity index (χ4n) is 3.14. The maximum absolute atomic E-state index is 12.3. The Morgan fingerprint density at radius 1 is 1.08 bits per heavy atom. The molecule has 2 heterocycles. The molecule has 0 aliphatic carbocycles. The minimum Gasteiger partial charge on any atom is -0.318 e. The fourth-order valence-corrected chi connectivity index (χ4v) is 3.99. The summed E-state index contributed by atoms with van der Waals surface area (Å²) in [4.78, 5) is 17.2. The van der Waals surface area contributed by atoms with Crippen molar-refractivity contribution in [2.45, 2.75) is 30.8 Å². The number of fused-ring (bicyclic) bond motifs is 1. The Morgan fingerprint density at radius 2 is 1.76 bits per heavy atom. The summed E-state index contributed by atoms with van der Waals surface area (Å²) in [7, 11) is 0. The number of nitrogens with zero attached hydrogens (tertiary/aromatic N) is 4. The highest BCUT2D eigenvalue weighted by Gasteiger charge is 2.33. The third kappa shape index (κ3) is 3.39. The van der Waals surface area contributed by atoms with Crippen LogP contribution in [-0.2, 0) is 4.79 Å². The molecule has 1 aromatic heterocycles. The summed E-state index contributed by atoms with van der Waals surface area (Å²) >= 11 is 1.78. The van der Waals surface area contributed by atoms with E-state index in [0.29, 0.717) is 13.0 Å². The van der Waals surface area contributed by atoms with Crippen LogP contribution >= 0.6 is 11.8 Å². The normalized spacial score (nSPS) is 17.6. The molecule has 0 spiro atoms. The molecule has 1 fully saturated rings. The predicted molar refractivity (Wildman–Crippen MR) is 99.4 cm³/mol. The molecule has 1 aliphatic rings. The maximum Gasteiger partial charge on any atom is 0.224 e. The molecule has 0 bridgehead atoms. The molecule has 1 aliphatic heterocycles. The molecule has 1 saturated heterocycles. The molecule has 1 atom stereocenters. The topological polar surface area (TPSA) is 51.0 Å². The Morgan fingerprint density at radius 3 is 2.44 bits per heavy atom. The van der Waals surface area contributed by atoms with Crippen LogP contribution in [0.3, 0.4) is 0 Å². The van der Waals surface area contributed by atoms with Crippen molar-refractivity contribution >= 4 is 28.7 Å². The number of carbonyl (C=O) groups excluding carboxylic acids is 1. The highest BCUT2D eigenvalue weighted by atomic mass is 32.2. The zero-order chi connectivity index (χ0) is 17.2. The summed E-state index contributed by atoms with van der Waals surface area (Å²) in [6.07, 6.45) is 1.27. The SMILES string of the molecule is Cc1ccc(SCCN2C(=O)CCC2n2nc3ccccc3n2)cc1. The van der Waals surface area contributed by atoms with Crippen molar-refractivity contribution in [1.29, 1.82) is 0 Å². The van der Waals surface area contributed by atoms with Gasteiger partial charge in [0.25, 0.3) is 0 Å². The second-order valence-corrected chi connectivity index (χ2v) is 7.45. The van der Waals surface area contributed by atoms with Crippen LogP contribution in [0.2, 0.25) is 0 Å². The first-order chi connectivity index (χ1) is 12.2. The van der Waals surface area contributed by atoms with Gasteiger partial charge in [-0.15, -0.1) is 11.8 Å². The molecule has 6 heteroatoms. The van der Waals surface area contributed by atoms with Gasteiger partial charge in [-0.05, 0) is 37.6 Å². The lowest BCUT2D eigenvalue weighted by atomic mass is 10.2.